The van der Waals surface area contributed by atoms with Gasteiger partial charge < -0.3 is 5.32 Å². The molecule has 2 rings (SSSR count). The van der Waals surface area contributed by atoms with Gasteiger partial charge in [0, 0.05) is 25.6 Å². The fraction of sp³-hybridized carbons (Fsp3) is 0.385. The van der Waals surface area contributed by atoms with E-state index in [1.807, 2.05) is 43.4 Å². The molecular formula is C13H18N4. The zero-order valence-electron chi connectivity index (χ0n) is 10.5. The van der Waals surface area contributed by atoms with Crippen LogP contribution < -0.4 is 5.32 Å². The summed E-state index contributed by atoms with van der Waals surface area (Å²) in [5.41, 5.74) is 3.70. The van der Waals surface area contributed by atoms with Gasteiger partial charge in [0.15, 0.2) is 0 Å². The number of aryl methyl sites for hydroxylation is 2. The van der Waals surface area contributed by atoms with Gasteiger partial charge in [-0.05, 0) is 36.7 Å². The smallest absolute Gasteiger partial charge is 0.0749 e. The molecule has 0 aromatic carbocycles. The molecule has 0 aliphatic heterocycles. The van der Waals surface area contributed by atoms with Crippen LogP contribution in [0.5, 0.6) is 0 Å². The van der Waals surface area contributed by atoms with Crippen LogP contribution in [0.25, 0.3) is 0 Å². The maximum absolute atomic E-state index is 4.23. The van der Waals surface area contributed by atoms with Crippen LogP contribution in [0.15, 0.2) is 30.7 Å². The Hall–Kier alpha value is -1.68. The van der Waals surface area contributed by atoms with E-state index in [1.165, 1.54) is 11.1 Å². The normalized spacial score (nSPS) is 12.6. The molecule has 0 radical (unpaired) electrons. The lowest BCUT2D eigenvalue weighted by atomic mass is 9.98. The minimum absolute atomic E-state index is 0.167. The Morgan fingerprint density at radius 1 is 1.35 bits per heavy atom. The van der Waals surface area contributed by atoms with E-state index in [9.17, 15) is 0 Å². The van der Waals surface area contributed by atoms with Crippen LogP contribution in [0, 0.1) is 0 Å². The van der Waals surface area contributed by atoms with Gasteiger partial charge in [-0.1, -0.05) is 6.92 Å². The average molecular weight is 230 g/mol. The van der Waals surface area contributed by atoms with Gasteiger partial charge in [-0.3, -0.25) is 9.67 Å². The minimum Gasteiger partial charge on any atom is -0.308 e. The molecule has 2 heterocycles. The first kappa shape index (κ1) is 11.8. The summed E-state index contributed by atoms with van der Waals surface area (Å²) < 4.78 is 1.90. The SMILES string of the molecule is CCc1cnccc1C(NC)c1ccnn1C. The number of hydrogen-bond donors (Lipinski definition) is 1. The first-order valence-electron chi connectivity index (χ1n) is 5.85. The summed E-state index contributed by atoms with van der Waals surface area (Å²) in [5.74, 6) is 0. The van der Waals surface area contributed by atoms with Crippen LogP contribution in [-0.2, 0) is 13.5 Å². The number of nitrogens with one attached hydrogen (secondary N) is 1. The van der Waals surface area contributed by atoms with Crippen LogP contribution in [0.1, 0.15) is 29.8 Å². The molecule has 0 spiro atoms. The highest BCUT2D eigenvalue weighted by Crippen LogP contribution is 2.23. The van der Waals surface area contributed by atoms with Crippen molar-refractivity contribution < 1.29 is 0 Å². The van der Waals surface area contributed by atoms with Gasteiger partial charge in [0.25, 0.3) is 0 Å². The lowest BCUT2D eigenvalue weighted by molar-refractivity contribution is 0.601. The van der Waals surface area contributed by atoms with E-state index >= 15 is 0 Å². The van der Waals surface area contributed by atoms with Gasteiger partial charge in [0.05, 0.1) is 11.7 Å². The third-order valence-electron chi connectivity index (χ3n) is 3.08. The first-order chi connectivity index (χ1) is 8.27. The molecule has 0 amide bonds. The number of pyridine rings is 1. The lowest BCUT2D eigenvalue weighted by Crippen LogP contribution is -2.22. The predicted molar refractivity (Wildman–Crippen MR) is 67.7 cm³/mol. The van der Waals surface area contributed by atoms with E-state index in [2.05, 4.69) is 28.4 Å². The molecule has 2 aromatic rings. The molecule has 4 nitrogen and oxygen atoms in total. The van der Waals surface area contributed by atoms with Crippen LogP contribution in [-0.4, -0.2) is 21.8 Å². The van der Waals surface area contributed by atoms with E-state index in [0.717, 1.165) is 12.1 Å². The van der Waals surface area contributed by atoms with Crippen molar-refractivity contribution in [2.45, 2.75) is 19.4 Å². The molecule has 1 atom stereocenters. The zero-order valence-corrected chi connectivity index (χ0v) is 10.5. The quantitative estimate of drug-likeness (QED) is 0.869. The third kappa shape index (κ3) is 2.22. The molecule has 1 unspecified atom stereocenters. The summed E-state index contributed by atoms with van der Waals surface area (Å²) >= 11 is 0. The lowest BCUT2D eigenvalue weighted by Gasteiger charge is -2.19. The Morgan fingerprint density at radius 2 is 2.18 bits per heavy atom. The maximum atomic E-state index is 4.23. The highest BCUT2D eigenvalue weighted by Gasteiger charge is 2.17. The summed E-state index contributed by atoms with van der Waals surface area (Å²) in [6, 6.07) is 4.29. The van der Waals surface area contributed by atoms with Gasteiger partial charge in [0.1, 0.15) is 0 Å². The van der Waals surface area contributed by atoms with Crippen LogP contribution in [0.4, 0.5) is 0 Å². The number of aromatic nitrogens is 3. The molecule has 0 saturated carbocycles. The summed E-state index contributed by atoms with van der Waals surface area (Å²) in [5, 5.41) is 7.58. The summed E-state index contributed by atoms with van der Waals surface area (Å²) in [6.07, 6.45) is 6.59. The molecule has 17 heavy (non-hydrogen) atoms. The number of hydrogen-bond acceptors (Lipinski definition) is 3. The summed E-state index contributed by atoms with van der Waals surface area (Å²) in [4.78, 5) is 4.19. The molecule has 0 fully saturated rings. The van der Waals surface area contributed by atoms with Crippen LogP contribution in [0.3, 0.4) is 0 Å². The molecule has 0 saturated heterocycles. The average Bonchev–Trinajstić information content (AvgIpc) is 2.78. The van der Waals surface area contributed by atoms with Gasteiger partial charge >= 0.3 is 0 Å². The topological polar surface area (TPSA) is 42.7 Å². The second-order valence-corrected chi connectivity index (χ2v) is 4.03. The first-order valence-corrected chi connectivity index (χ1v) is 5.85. The van der Waals surface area contributed by atoms with Crippen molar-refractivity contribution in [1.82, 2.24) is 20.1 Å². The van der Waals surface area contributed by atoms with Gasteiger partial charge in [0.2, 0.25) is 0 Å². The van der Waals surface area contributed by atoms with Gasteiger partial charge in [-0.25, -0.2) is 0 Å². The number of rotatable bonds is 4. The van der Waals surface area contributed by atoms with Crippen molar-refractivity contribution in [1.29, 1.82) is 0 Å². The van der Waals surface area contributed by atoms with Crippen molar-refractivity contribution in [3.63, 3.8) is 0 Å². The standard InChI is InChI=1S/C13H18N4/c1-4-10-9-15-7-5-11(10)13(14-2)12-6-8-16-17(12)3/h5-9,13-14H,4H2,1-3H3. The third-order valence-corrected chi connectivity index (χ3v) is 3.08. The summed E-state index contributed by atoms with van der Waals surface area (Å²) in [7, 11) is 3.93. The van der Waals surface area contributed by atoms with Crippen molar-refractivity contribution >= 4 is 0 Å². The molecule has 90 valence electrons. The highest BCUT2D eigenvalue weighted by atomic mass is 15.3. The monoisotopic (exact) mass is 230 g/mol. The maximum Gasteiger partial charge on any atom is 0.0749 e. The van der Waals surface area contributed by atoms with Crippen LogP contribution >= 0.6 is 0 Å². The van der Waals surface area contributed by atoms with E-state index in [-0.39, 0.29) is 6.04 Å². The highest BCUT2D eigenvalue weighted by molar-refractivity contribution is 5.32. The van der Waals surface area contributed by atoms with E-state index < -0.39 is 0 Å². The summed E-state index contributed by atoms with van der Waals surface area (Å²) in [6.45, 7) is 2.15. The second-order valence-electron chi connectivity index (χ2n) is 4.03. The second kappa shape index (κ2) is 5.10. The van der Waals surface area contributed by atoms with Gasteiger partial charge in [-0.2, -0.15) is 5.10 Å². The predicted octanol–water partition coefficient (Wildman–Crippen LogP) is 1.69. The van der Waals surface area contributed by atoms with Crippen molar-refractivity contribution in [3.05, 3.63) is 47.5 Å². The molecule has 1 N–H and O–H groups in total. The molecule has 4 heteroatoms. The Balaban J connectivity index is 2.46. The van der Waals surface area contributed by atoms with E-state index in [4.69, 9.17) is 0 Å². The Bertz CT molecular complexity index is 490. The van der Waals surface area contributed by atoms with Crippen molar-refractivity contribution in [2.24, 2.45) is 7.05 Å². The Morgan fingerprint density at radius 3 is 2.76 bits per heavy atom. The van der Waals surface area contributed by atoms with Crippen molar-refractivity contribution in [3.8, 4) is 0 Å². The zero-order chi connectivity index (χ0) is 12.3. The van der Waals surface area contributed by atoms with Gasteiger partial charge in [-0.15, -0.1) is 0 Å². The molecule has 0 bridgehead atoms. The largest absolute Gasteiger partial charge is 0.308 e. The fourth-order valence-corrected chi connectivity index (χ4v) is 2.14. The molecule has 2 aromatic heterocycles. The van der Waals surface area contributed by atoms with E-state index in [0.29, 0.717) is 0 Å². The molecule has 0 aliphatic rings. The molecular weight excluding hydrogens is 212 g/mol. The number of nitrogens with zero attached hydrogens (tertiary/aromatic N) is 3. The minimum atomic E-state index is 0.167. The fourth-order valence-electron chi connectivity index (χ4n) is 2.14. The molecule has 0 aliphatic carbocycles. The van der Waals surface area contributed by atoms with Crippen molar-refractivity contribution in [2.75, 3.05) is 7.05 Å². The Labute approximate surface area is 102 Å². The Kier molecular flexibility index (Phi) is 3.54. The van der Waals surface area contributed by atoms with E-state index in [1.54, 1.807) is 0 Å². The van der Waals surface area contributed by atoms with Crippen LogP contribution in [0.2, 0.25) is 0 Å².